The summed E-state index contributed by atoms with van der Waals surface area (Å²) in [6.07, 6.45) is 0.720. The molecule has 0 aliphatic carbocycles. The number of aliphatic carboxylic acids is 1. The van der Waals surface area contributed by atoms with Crippen LogP contribution in [0, 0.1) is 5.92 Å². The third-order valence-electron chi connectivity index (χ3n) is 5.19. The van der Waals surface area contributed by atoms with Crippen molar-refractivity contribution in [3.8, 4) is 0 Å². The molecule has 3 aromatic carbocycles. The van der Waals surface area contributed by atoms with Crippen molar-refractivity contribution in [2.24, 2.45) is 5.92 Å². The maximum atomic E-state index is 12.8. The van der Waals surface area contributed by atoms with Gasteiger partial charge in [0.15, 0.2) is 0 Å². The molecular weight excluding hydrogens is 436 g/mol. The van der Waals surface area contributed by atoms with E-state index >= 15 is 0 Å². The van der Waals surface area contributed by atoms with Gasteiger partial charge < -0.3 is 15.7 Å². The molecule has 1 unspecified atom stereocenters. The van der Waals surface area contributed by atoms with Crippen LogP contribution in [0.15, 0.2) is 84.9 Å². The predicted octanol–water partition coefficient (Wildman–Crippen LogP) is 3.84. The molecule has 3 rings (SSSR count). The lowest BCUT2D eigenvalue weighted by molar-refractivity contribution is -0.139. The summed E-state index contributed by atoms with van der Waals surface area (Å²) in [5, 5.41) is 14.9. The summed E-state index contributed by atoms with van der Waals surface area (Å²) in [5.41, 5.74) is 2.57. The Bertz CT molecular complexity index is 1090. The van der Waals surface area contributed by atoms with E-state index < -0.39 is 17.9 Å². The van der Waals surface area contributed by atoms with E-state index in [0.717, 1.165) is 11.1 Å². The average Bonchev–Trinajstić information content (AvgIpc) is 2.83. The van der Waals surface area contributed by atoms with Crippen LogP contribution in [-0.4, -0.2) is 34.7 Å². The van der Waals surface area contributed by atoms with Crippen molar-refractivity contribution < 1.29 is 19.5 Å². The fourth-order valence-corrected chi connectivity index (χ4v) is 3.71. The molecule has 0 heterocycles. The highest BCUT2D eigenvalue weighted by molar-refractivity contribution is 7.80. The largest absolute Gasteiger partial charge is 0.480 e. The maximum absolute atomic E-state index is 12.8. The molecule has 33 heavy (non-hydrogen) atoms. The highest BCUT2D eigenvalue weighted by Crippen LogP contribution is 2.16. The van der Waals surface area contributed by atoms with Gasteiger partial charge in [-0.3, -0.25) is 9.59 Å². The molecule has 2 atom stereocenters. The van der Waals surface area contributed by atoms with Gasteiger partial charge in [-0.1, -0.05) is 66.7 Å². The number of hydrogen-bond donors (Lipinski definition) is 4. The first kappa shape index (κ1) is 24.1. The van der Waals surface area contributed by atoms with Crippen LogP contribution in [0.3, 0.4) is 0 Å². The summed E-state index contributed by atoms with van der Waals surface area (Å²) < 4.78 is 0. The zero-order valence-corrected chi connectivity index (χ0v) is 18.9. The lowest BCUT2D eigenvalue weighted by Gasteiger charge is -2.16. The molecule has 0 fully saturated rings. The van der Waals surface area contributed by atoms with Crippen LogP contribution in [0.4, 0.5) is 5.69 Å². The Morgan fingerprint density at radius 1 is 0.818 bits per heavy atom. The number of thiol groups is 1. The quantitative estimate of drug-likeness (QED) is 0.344. The summed E-state index contributed by atoms with van der Waals surface area (Å²) in [5.74, 6) is -1.80. The minimum Gasteiger partial charge on any atom is -0.480 e. The van der Waals surface area contributed by atoms with Crippen LogP contribution >= 0.6 is 12.6 Å². The molecule has 0 aliphatic rings. The standard InChI is InChI=1S/C26H26N2O4S/c29-24(28-23(26(31)32)15-19-10-5-2-6-11-19)20-12-7-13-22(16-20)27-25(30)21(17-33)14-18-8-3-1-4-9-18/h1-13,16,21,23,33H,14-15,17H2,(H,27,30)(H,28,29)(H,31,32)/t21?,23-/m0/s1. The van der Waals surface area contributed by atoms with E-state index in [1.54, 1.807) is 18.2 Å². The summed E-state index contributed by atoms with van der Waals surface area (Å²) in [7, 11) is 0. The Hall–Kier alpha value is -3.58. The number of anilines is 1. The van der Waals surface area contributed by atoms with Gasteiger partial charge in [-0.25, -0.2) is 4.79 Å². The van der Waals surface area contributed by atoms with Crippen molar-refractivity contribution in [3.63, 3.8) is 0 Å². The van der Waals surface area contributed by atoms with Crippen molar-refractivity contribution in [2.75, 3.05) is 11.1 Å². The second kappa shape index (κ2) is 11.9. The van der Waals surface area contributed by atoms with Gasteiger partial charge in [-0.05, 0) is 35.7 Å². The third kappa shape index (κ3) is 7.22. The van der Waals surface area contributed by atoms with Gasteiger partial charge in [-0.15, -0.1) is 0 Å². The minimum absolute atomic E-state index is 0.168. The monoisotopic (exact) mass is 462 g/mol. The molecule has 2 amide bonds. The van der Waals surface area contributed by atoms with E-state index in [2.05, 4.69) is 23.3 Å². The second-order valence-corrected chi connectivity index (χ2v) is 8.06. The first-order valence-electron chi connectivity index (χ1n) is 10.6. The number of carbonyl (C=O) groups is 3. The molecule has 170 valence electrons. The number of amides is 2. The second-order valence-electron chi connectivity index (χ2n) is 7.69. The van der Waals surface area contributed by atoms with Gasteiger partial charge in [0, 0.05) is 23.4 Å². The molecule has 3 aromatic rings. The molecule has 0 radical (unpaired) electrons. The van der Waals surface area contributed by atoms with E-state index in [1.807, 2.05) is 60.7 Å². The number of carboxylic acids is 1. The van der Waals surface area contributed by atoms with Gasteiger partial charge in [0.05, 0.1) is 5.92 Å². The smallest absolute Gasteiger partial charge is 0.326 e. The fourth-order valence-electron chi connectivity index (χ4n) is 3.41. The molecule has 0 spiro atoms. The Kier molecular flexibility index (Phi) is 8.66. The van der Waals surface area contributed by atoms with Gasteiger partial charge in [0.25, 0.3) is 5.91 Å². The number of carboxylic acid groups (broad SMARTS) is 1. The van der Waals surface area contributed by atoms with Gasteiger partial charge in [-0.2, -0.15) is 12.6 Å². The third-order valence-corrected chi connectivity index (χ3v) is 5.64. The summed E-state index contributed by atoms with van der Waals surface area (Å²) >= 11 is 4.32. The Morgan fingerprint density at radius 2 is 1.42 bits per heavy atom. The van der Waals surface area contributed by atoms with E-state index in [1.165, 1.54) is 6.07 Å². The van der Waals surface area contributed by atoms with Crippen LogP contribution in [0.25, 0.3) is 0 Å². The Labute approximate surface area is 198 Å². The normalized spacial score (nSPS) is 12.4. The topological polar surface area (TPSA) is 95.5 Å². The first-order chi connectivity index (χ1) is 16.0. The molecule has 7 heteroatoms. The fraction of sp³-hybridized carbons (Fsp3) is 0.192. The van der Waals surface area contributed by atoms with E-state index in [4.69, 9.17) is 0 Å². The lowest BCUT2D eigenvalue weighted by Crippen LogP contribution is -2.42. The van der Waals surface area contributed by atoms with Crippen LogP contribution in [0.1, 0.15) is 21.5 Å². The first-order valence-corrected chi connectivity index (χ1v) is 11.2. The number of nitrogens with one attached hydrogen (secondary N) is 2. The van der Waals surface area contributed by atoms with Crippen LogP contribution in [0.2, 0.25) is 0 Å². The van der Waals surface area contributed by atoms with Crippen LogP contribution in [0.5, 0.6) is 0 Å². The molecule has 0 bridgehead atoms. The molecule has 3 N–H and O–H groups in total. The maximum Gasteiger partial charge on any atom is 0.326 e. The molecule has 0 saturated heterocycles. The average molecular weight is 463 g/mol. The van der Waals surface area contributed by atoms with E-state index in [-0.39, 0.29) is 23.8 Å². The van der Waals surface area contributed by atoms with Crippen molar-refractivity contribution in [1.29, 1.82) is 0 Å². The summed E-state index contributed by atoms with van der Waals surface area (Å²) in [4.78, 5) is 37.1. The lowest BCUT2D eigenvalue weighted by atomic mass is 10.00. The van der Waals surface area contributed by atoms with Crippen LogP contribution < -0.4 is 10.6 Å². The van der Waals surface area contributed by atoms with Crippen molar-refractivity contribution in [3.05, 3.63) is 102 Å². The molecule has 0 saturated carbocycles. The summed E-state index contributed by atoms with van der Waals surface area (Å²) in [6, 6.07) is 24.2. The Balaban J connectivity index is 1.65. The SMILES string of the molecule is O=C(N[C@@H](Cc1ccccc1)C(=O)O)c1cccc(NC(=O)C(CS)Cc2ccccc2)c1. The van der Waals surface area contributed by atoms with Crippen molar-refractivity contribution >= 4 is 36.1 Å². The van der Waals surface area contributed by atoms with Gasteiger partial charge in [0.2, 0.25) is 5.91 Å². The predicted molar refractivity (Wildman–Crippen MR) is 132 cm³/mol. The summed E-state index contributed by atoms with van der Waals surface area (Å²) in [6.45, 7) is 0. The zero-order valence-electron chi connectivity index (χ0n) is 18.0. The Morgan fingerprint density at radius 3 is 2.00 bits per heavy atom. The van der Waals surface area contributed by atoms with Crippen molar-refractivity contribution in [1.82, 2.24) is 5.32 Å². The van der Waals surface area contributed by atoms with Gasteiger partial charge in [0.1, 0.15) is 6.04 Å². The van der Waals surface area contributed by atoms with Gasteiger partial charge >= 0.3 is 5.97 Å². The molecular formula is C26H26N2O4S. The molecule has 0 aliphatic heterocycles. The number of carbonyl (C=O) groups excluding carboxylic acids is 2. The number of hydrogen-bond acceptors (Lipinski definition) is 4. The number of rotatable bonds is 10. The molecule has 6 nitrogen and oxygen atoms in total. The highest BCUT2D eigenvalue weighted by Gasteiger charge is 2.22. The van der Waals surface area contributed by atoms with E-state index in [0.29, 0.717) is 17.9 Å². The minimum atomic E-state index is -1.12. The van der Waals surface area contributed by atoms with Crippen molar-refractivity contribution in [2.45, 2.75) is 18.9 Å². The highest BCUT2D eigenvalue weighted by atomic mass is 32.1. The number of benzene rings is 3. The zero-order chi connectivity index (χ0) is 23.6. The molecule has 0 aromatic heterocycles. The van der Waals surface area contributed by atoms with Crippen LogP contribution in [-0.2, 0) is 22.4 Å². The van der Waals surface area contributed by atoms with E-state index in [9.17, 15) is 19.5 Å².